The summed E-state index contributed by atoms with van der Waals surface area (Å²) in [4.78, 5) is 22.2. The van der Waals surface area contributed by atoms with Crippen LogP contribution in [0.25, 0.3) is 0 Å². The van der Waals surface area contributed by atoms with Crippen LogP contribution in [0.4, 0.5) is 0 Å². The molecular formula is C20H29N5O3. The van der Waals surface area contributed by atoms with E-state index < -0.39 is 0 Å². The molecule has 1 N–H and O–H groups in total. The van der Waals surface area contributed by atoms with E-state index in [0.29, 0.717) is 31.8 Å². The number of methoxy groups -OCH3 is 1. The minimum atomic E-state index is -0.161. The molecule has 1 aliphatic rings. The molecule has 3 heterocycles. The van der Waals surface area contributed by atoms with Crippen LogP contribution < -0.4 is 5.32 Å². The summed E-state index contributed by atoms with van der Waals surface area (Å²) in [5, 5.41) is 7.65. The van der Waals surface area contributed by atoms with Crippen molar-refractivity contribution in [2.75, 3.05) is 13.7 Å². The Morgan fingerprint density at radius 1 is 1.21 bits per heavy atom. The van der Waals surface area contributed by atoms with Gasteiger partial charge in [0, 0.05) is 19.1 Å². The maximum absolute atomic E-state index is 13.1. The molecular weight excluding hydrogens is 358 g/mol. The number of aryl methyl sites for hydroxylation is 3. The maximum atomic E-state index is 13.1. The SMILES string of the molecule is COCCn1nc2c(c1C(=O)NCc1nc(C)c(C)nc1C)C[C@H](C)O[C@@H]2C. The molecule has 1 amide bonds. The smallest absolute Gasteiger partial charge is 0.270 e. The van der Waals surface area contributed by atoms with Gasteiger partial charge in [-0.05, 0) is 34.6 Å². The fraction of sp³-hybridized carbons (Fsp3) is 0.600. The lowest BCUT2D eigenvalue weighted by atomic mass is 9.99. The van der Waals surface area contributed by atoms with Crippen molar-refractivity contribution in [1.29, 1.82) is 0 Å². The van der Waals surface area contributed by atoms with Crippen LogP contribution in [0, 0.1) is 20.8 Å². The molecule has 0 fully saturated rings. The van der Waals surface area contributed by atoms with E-state index in [2.05, 4.69) is 20.4 Å². The van der Waals surface area contributed by atoms with Crippen molar-refractivity contribution >= 4 is 5.91 Å². The molecule has 1 aliphatic heterocycles. The Labute approximate surface area is 165 Å². The number of ether oxygens (including phenoxy) is 2. The van der Waals surface area contributed by atoms with Crippen LogP contribution in [0.15, 0.2) is 0 Å². The number of hydrogen-bond donors (Lipinski definition) is 1. The van der Waals surface area contributed by atoms with Crippen molar-refractivity contribution in [2.24, 2.45) is 0 Å². The first kappa shape index (κ1) is 20.4. The van der Waals surface area contributed by atoms with Gasteiger partial charge in [0.05, 0.1) is 60.4 Å². The van der Waals surface area contributed by atoms with Gasteiger partial charge in [-0.2, -0.15) is 5.10 Å². The molecule has 2 atom stereocenters. The highest BCUT2D eigenvalue weighted by molar-refractivity contribution is 5.94. The van der Waals surface area contributed by atoms with Gasteiger partial charge in [-0.3, -0.25) is 19.4 Å². The van der Waals surface area contributed by atoms with Gasteiger partial charge >= 0.3 is 0 Å². The molecule has 3 rings (SSSR count). The van der Waals surface area contributed by atoms with E-state index >= 15 is 0 Å². The predicted octanol–water partition coefficient (Wildman–Crippen LogP) is 2.20. The highest BCUT2D eigenvalue weighted by Gasteiger charge is 2.32. The lowest BCUT2D eigenvalue weighted by Gasteiger charge is -2.24. The van der Waals surface area contributed by atoms with Gasteiger partial charge in [0.15, 0.2) is 0 Å². The zero-order valence-electron chi connectivity index (χ0n) is 17.5. The number of carbonyl (C=O) groups is 1. The van der Waals surface area contributed by atoms with Crippen LogP contribution in [0.2, 0.25) is 0 Å². The summed E-state index contributed by atoms with van der Waals surface area (Å²) < 4.78 is 12.8. The van der Waals surface area contributed by atoms with E-state index in [9.17, 15) is 4.79 Å². The minimum absolute atomic E-state index is 0.0435. The molecule has 152 valence electrons. The standard InChI is InChI=1S/C20H29N5O3/c1-11-9-16-18(15(5)28-11)24-25(7-8-27-6)19(16)20(26)21-10-17-14(4)22-12(2)13(3)23-17/h11,15H,7-10H2,1-6H3,(H,21,26)/t11-,15+/m0/s1. The van der Waals surface area contributed by atoms with Gasteiger partial charge in [-0.15, -0.1) is 0 Å². The summed E-state index contributed by atoms with van der Waals surface area (Å²) >= 11 is 0. The molecule has 0 spiro atoms. The first-order valence-corrected chi connectivity index (χ1v) is 9.64. The minimum Gasteiger partial charge on any atom is -0.383 e. The molecule has 0 aromatic carbocycles. The summed E-state index contributed by atoms with van der Waals surface area (Å²) in [7, 11) is 1.64. The fourth-order valence-electron chi connectivity index (χ4n) is 3.56. The van der Waals surface area contributed by atoms with E-state index in [4.69, 9.17) is 9.47 Å². The van der Waals surface area contributed by atoms with Gasteiger partial charge in [0.25, 0.3) is 5.91 Å². The second-order valence-corrected chi connectivity index (χ2v) is 7.33. The highest BCUT2D eigenvalue weighted by atomic mass is 16.5. The van der Waals surface area contributed by atoms with Crippen molar-refractivity contribution in [3.63, 3.8) is 0 Å². The zero-order chi connectivity index (χ0) is 20.4. The molecule has 0 saturated heterocycles. The molecule has 8 heteroatoms. The Bertz CT molecular complexity index is 877. The number of nitrogens with zero attached hydrogens (tertiary/aromatic N) is 4. The third kappa shape index (κ3) is 4.07. The Morgan fingerprint density at radius 2 is 1.93 bits per heavy atom. The van der Waals surface area contributed by atoms with Crippen molar-refractivity contribution in [2.45, 2.75) is 66.3 Å². The van der Waals surface area contributed by atoms with E-state index in [1.165, 1.54) is 0 Å². The normalized spacial score (nSPS) is 18.8. The summed E-state index contributed by atoms with van der Waals surface area (Å²) in [5.41, 5.74) is 5.76. The van der Waals surface area contributed by atoms with E-state index in [0.717, 1.165) is 34.0 Å². The number of nitrogens with one attached hydrogen (secondary N) is 1. The average molecular weight is 387 g/mol. The van der Waals surface area contributed by atoms with Crippen molar-refractivity contribution in [3.8, 4) is 0 Å². The summed E-state index contributed by atoms with van der Waals surface area (Å²) in [6.07, 6.45) is 0.571. The van der Waals surface area contributed by atoms with Crippen LogP contribution in [-0.4, -0.2) is 45.5 Å². The van der Waals surface area contributed by atoms with Gasteiger partial charge in [-0.1, -0.05) is 0 Å². The molecule has 0 radical (unpaired) electrons. The van der Waals surface area contributed by atoms with Crippen molar-refractivity contribution in [3.05, 3.63) is 39.7 Å². The second kappa shape index (κ2) is 8.36. The van der Waals surface area contributed by atoms with Crippen LogP contribution in [0.5, 0.6) is 0 Å². The lowest BCUT2D eigenvalue weighted by molar-refractivity contribution is -0.00716. The topological polar surface area (TPSA) is 91.2 Å². The molecule has 8 nitrogen and oxygen atoms in total. The van der Waals surface area contributed by atoms with Gasteiger partial charge in [-0.25, -0.2) is 0 Å². The van der Waals surface area contributed by atoms with Gasteiger partial charge < -0.3 is 14.8 Å². The number of aromatic nitrogens is 4. The van der Waals surface area contributed by atoms with Crippen LogP contribution in [0.3, 0.4) is 0 Å². The zero-order valence-corrected chi connectivity index (χ0v) is 17.5. The number of amides is 1. The van der Waals surface area contributed by atoms with E-state index in [-0.39, 0.29) is 18.1 Å². The molecule has 2 aromatic rings. The third-order valence-corrected chi connectivity index (χ3v) is 5.11. The van der Waals surface area contributed by atoms with Crippen LogP contribution in [-0.2, 0) is 29.0 Å². The largest absolute Gasteiger partial charge is 0.383 e. The quantitative estimate of drug-likeness (QED) is 0.817. The van der Waals surface area contributed by atoms with Gasteiger partial charge in [0.2, 0.25) is 0 Å². The molecule has 0 aliphatic carbocycles. The fourth-order valence-corrected chi connectivity index (χ4v) is 3.56. The van der Waals surface area contributed by atoms with Crippen molar-refractivity contribution in [1.82, 2.24) is 25.1 Å². The molecule has 0 saturated carbocycles. The van der Waals surface area contributed by atoms with Crippen LogP contribution >= 0.6 is 0 Å². The average Bonchev–Trinajstić information content (AvgIpc) is 3.00. The highest BCUT2D eigenvalue weighted by Crippen LogP contribution is 2.31. The molecule has 0 unspecified atom stereocenters. The maximum Gasteiger partial charge on any atom is 0.270 e. The first-order chi connectivity index (χ1) is 13.3. The van der Waals surface area contributed by atoms with E-state index in [1.807, 2.05) is 34.6 Å². The second-order valence-electron chi connectivity index (χ2n) is 7.33. The number of hydrogen-bond acceptors (Lipinski definition) is 6. The number of carbonyl (C=O) groups excluding carboxylic acids is 1. The van der Waals surface area contributed by atoms with Crippen LogP contribution in [0.1, 0.15) is 64.5 Å². The molecule has 2 aromatic heterocycles. The predicted molar refractivity (Wildman–Crippen MR) is 104 cm³/mol. The lowest BCUT2D eigenvalue weighted by Crippen LogP contribution is -2.30. The van der Waals surface area contributed by atoms with E-state index in [1.54, 1.807) is 11.8 Å². The monoisotopic (exact) mass is 387 g/mol. The summed E-state index contributed by atoms with van der Waals surface area (Å²) in [6.45, 7) is 11.1. The van der Waals surface area contributed by atoms with Gasteiger partial charge in [0.1, 0.15) is 5.69 Å². The first-order valence-electron chi connectivity index (χ1n) is 9.64. The number of rotatable bonds is 6. The summed E-state index contributed by atoms with van der Waals surface area (Å²) in [6, 6.07) is 0. The Kier molecular flexibility index (Phi) is 6.10. The molecule has 28 heavy (non-hydrogen) atoms. The third-order valence-electron chi connectivity index (χ3n) is 5.11. The molecule has 0 bridgehead atoms. The van der Waals surface area contributed by atoms with Crippen molar-refractivity contribution < 1.29 is 14.3 Å². The Morgan fingerprint density at radius 3 is 2.64 bits per heavy atom. The Balaban J connectivity index is 1.87. The number of fused-ring (bicyclic) bond motifs is 1. The summed E-state index contributed by atoms with van der Waals surface area (Å²) in [5.74, 6) is -0.161. The Hall–Kier alpha value is -2.32.